The monoisotopic (exact) mass is 453 g/mol. The molecule has 0 bridgehead atoms. The molecular formula is C23H27N5O5. The van der Waals surface area contributed by atoms with E-state index in [0.717, 1.165) is 51.1 Å². The quantitative estimate of drug-likeness (QED) is 0.433. The molecule has 3 amide bonds. The van der Waals surface area contributed by atoms with Gasteiger partial charge in [0.15, 0.2) is 0 Å². The van der Waals surface area contributed by atoms with Crippen LogP contribution in [0.3, 0.4) is 0 Å². The smallest absolute Gasteiger partial charge is 0.323 e. The van der Waals surface area contributed by atoms with E-state index < -0.39 is 11.0 Å². The zero-order chi connectivity index (χ0) is 23.2. The highest BCUT2D eigenvalue weighted by Crippen LogP contribution is 2.28. The number of hydrogen-bond acceptors (Lipinski definition) is 6. The fourth-order valence-corrected chi connectivity index (χ4v) is 4.10. The number of non-ortho nitro benzene ring substituents is 1. The SMILES string of the molecule is O=C(Nc1ccc([N+](=O)[O-])cc1)Nc1ccc(N2CCCC2)c(C(=O)NCC2CCCO2)c1. The first-order valence-corrected chi connectivity index (χ1v) is 11.1. The maximum absolute atomic E-state index is 13.0. The molecule has 174 valence electrons. The number of nitrogens with zero attached hydrogens (tertiary/aromatic N) is 2. The maximum atomic E-state index is 13.0. The Bertz CT molecular complexity index is 1010. The number of hydrogen-bond donors (Lipinski definition) is 3. The van der Waals surface area contributed by atoms with E-state index in [0.29, 0.717) is 23.5 Å². The van der Waals surface area contributed by atoms with Gasteiger partial charge in [-0.1, -0.05) is 0 Å². The van der Waals surface area contributed by atoms with Crippen LogP contribution in [0.1, 0.15) is 36.0 Å². The van der Waals surface area contributed by atoms with Crippen molar-refractivity contribution in [2.24, 2.45) is 0 Å². The summed E-state index contributed by atoms with van der Waals surface area (Å²) in [4.78, 5) is 37.9. The zero-order valence-corrected chi connectivity index (χ0v) is 18.2. The lowest BCUT2D eigenvalue weighted by Gasteiger charge is -2.22. The lowest BCUT2D eigenvalue weighted by molar-refractivity contribution is -0.384. The van der Waals surface area contributed by atoms with Crippen LogP contribution in [-0.4, -0.2) is 49.2 Å². The second kappa shape index (κ2) is 10.3. The van der Waals surface area contributed by atoms with E-state index in [2.05, 4.69) is 20.9 Å². The van der Waals surface area contributed by atoms with Crippen molar-refractivity contribution in [3.05, 3.63) is 58.1 Å². The molecule has 3 N–H and O–H groups in total. The van der Waals surface area contributed by atoms with Gasteiger partial charge in [-0.05, 0) is 56.0 Å². The zero-order valence-electron chi connectivity index (χ0n) is 18.2. The molecule has 0 aliphatic carbocycles. The van der Waals surface area contributed by atoms with Crippen molar-refractivity contribution in [1.29, 1.82) is 0 Å². The largest absolute Gasteiger partial charge is 0.376 e. The fraction of sp³-hybridized carbons (Fsp3) is 0.391. The van der Waals surface area contributed by atoms with Gasteiger partial charge in [-0.25, -0.2) is 4.79 Å². The second-order valence-corrected chi connectivity index (χ2v) is 8.15. The molecule has 33 heavy (non-hydrogen) atoms. The number of urea groups is 1. The van der Waals surface area contributed by atoms with Crippen molar-refractivity contribution in [1.82, 2.24) is 5.32 Å². The first kappa shape index (κ1) is 22.5. The van der Waals surface area contributed by atoms with Gasteiger partial charge in [-0.2, -0.15) is 0 Å². The summed E-state index contributed by atoms with van der Waals surface area (Å²) < 4.78 is 5.59. The van der Waals surface area contributed by atoms with Crippen molar-refractivity contribution in [2.45, 2.75) is 31.8 Å². The number of nitro groups is 1. The van der Waals surface area contributed by atoms with Gasteiger partial charge >= 0.3 is 6.03 Å². The Balaban J connectivity index is 1.45. The van der Waals surface area contributed by atoms with E-state index in [4.69, 9.17) is 4.74 Å². The first-order valence-electron chi connectivity index (χ1n) is 11.1. The average molecular weight is 453 g/mol. The van der Waals surface area contributed by atoms with Gasteiger partial charge in [-0.3, -0.25) is 14.9 Å². The Morgan fingerprint density at radius 1 is 1.03 bits per heavy atom. The fourth-order valence-electron chi connectivity index (χ4n) is 4.10. The van der Waals surface area contributed by atoms with Crippen LogP contribution in [-0.2, 0) is 4.74 Å². The van der Waals surface area contributed by atoms with Gasteiger partial charge < -0.3 is 25.6 Å². The number of anilines is 3. The summed E-state index contributed by atoms with van der Waals surface area (Å²) in [6, 6.07) is 10.3. The molecule has 2 aliphatic rings. The van der Waals surface area contributed by atoms with Crippen molar-refractivity contribution < 1.29 is 19.2 Å². The number of amides is 3. The minimum Gasteiger partial charge on any atom is -0.376 e. The lowest BCUT2D eigenvalue weighted by atomic mass is 10.1. The summed E-state index contributed by atoms with van der Waals surface area (Å²) in [5, 5.41) is 19.1. The molecule has 0 spiro atoms. The summed E-state index contributed by atoms with van der Waals surface area (Å²) in [6.07, 6.45) is 4.13. The minimum absolute atomic E-state index is 0.0398. The highest BCUT2D eigenvalue weighted by molar-refractivity contribution is 6.04. The summed E-state index contributed by atoms with van der Waals surface area (Å²) in [7, 11) is 0. The lowest BCUT2D eigenvalue weighted by Crippen LogP contribution is -2.33. The van der Waals surface area contributed by atoms with Crippen LogP contribution in [0.25, 0.3) is 0 Å². The number of rotatable bonds is 7. The van der Waals surface area contributed by atoms with E-state index in [1.807, 2.05) is 6.07 Å². The van der Waals surface area contributed by atoms with Crippen LogP contribution in [0, 0.1) is 10.1 Å². The number of ether oxygens (including phenoxy) is 1. The summed E-state index contributed by atoms with van der Waals surface area (Å²) >= 11 is 0. The van der Waals surface area contributed by atoms with Crippen molar-refractivity contribution >= 4 is 34.7 Å². The predicted octanol–water partition coefficient (Wildman–Crippen LogP) is 3.75. The molecule has 0 saturated carbocycles. The van der Waals surface area contributed by atoms with Gasteiger partial charge in [0.2, 0.25) is 0 Å². The molecule has 2 saturated heterocycles. The van der Waals surface area contributed by atoms with Crippen molar-refractivity contribution in [3.8, 4) is 0 Å². The third-order valence-corrected chi connectivity index (χ3v) is 5.80. The number of nitro benzene ring substituents is 1. The number of carbonyl (C=O) groups is 2. The van der Waals surface area contributed by atoms with Crippen LogP contribution < -0.4 is 20.9 Å². The molecule has 4 rings (SSSR count). The normalized spacial score (nSPS) is 17.6. The molecular weight excluding hydrogens is 426 g/mol. The van der Waals surface area contributed by atoms with Gasteiger partial charge in [-0.15, -0.1) is 0 Å². The average Bonchev–Trinajstić information content (AvgIpc) is 3.52. The summed E-state index contributed by atoms with van der Waals surface area (Å²) in [5.74, 6) is -0.202. The van der Waals surface area contributed by atoms with Crippen LogP contribution in [0.5, 0.6) is 0 Å². The van der Waals surface area contributed by atoms with Crippen LogP contribution >= 0.6 is 0 Å². The van der Waals surface area contributed by atoms with E-state index in [1.165, 1.54) is 24.3 Å². The molecule has 2 aliphatic heterocycles. The molecule has 0 radical (unpaired) electrons. The molecule has 2 fully saturated rings. The molecule has 0 aromatic heterocycles. The Morgan fingerprint density at radius 2 is 1.73 bits per heavy atom. The number of benzene rings is 2. The van der Waals surface area contributed by atoms with E-state index >= 15 is 0 Å². The number of nitrogens with one attached hydrogen (secondary N) is 3. The van der Waals surface area contributed by atoms with Crippen LogP contribution in [0.4, 0.5) is 27.5 Å². The first-order chi connectivity index (χ1) is 16.0. The molecule has 1 unspecified atom stereocenters. The highest BCUT2D eigenvalue weighted by atomic mass is 16.6. The second-order valence-electron chi connectivity index (χ2n) is 8.15. The van der Waals surface area contributed by atoms with Crippen molar-refractivity contribution in [2.75, 3.05) is 41.8 Å². The topological polar surface area (TPSA) is 126 Å². The Kier molecular flexibility index (Phi) is 7.04. The Morgan fingerprint density at radius 3 is 2.39 bits per heavy atom. The Hall–Kier alpha value is -3.66. The molecule has 2 heterocycles. The summed E-state index contributed by atoms with van der Waals surface area (Å²) in [6.45, 7) is 2.96. The third-order valence-electron chi connectivity index (χ3n) is 5.80. The molecule has 2 aromatic rings. The Labute approximate surface area is 191 Å². The van der Waals surface area contributed by atoms with Crippen molar-refractivity contribution in [3.63, 3.8) is 0 Å². The molecule has 10 heteroatoms. The van der Waals surface area contributed by atoms with Gasteiger partial charge in [0.1, 0.15) is 0 Å². The number of carbonyl (C=O) groups excluding carboxylic acids is 2. The minimum atomic E-state index is -0.511. The third kappa shape index (κ3) is 5.78. The molecule has 1 atom stereocenters. The maximum Gasteiger partial charge on any atom is 0.323 e. The summed E-state index contributed by atoms with van der Waals surface area (Å²) in [5.41, 5.74) is 2.18. The van der Waals surface area contributed by atoms with Gasteiger partial charge in [0.05, 0.1) is 16.6 Å². The predicted molar refractivity (Wildman–Crippen MR) is 125 cm³/mol. The highest BCUT2D eigenvalue weighted by Gasteiger charge is 2.22. The van der Waals surface area contributed by atoms with E-state index in [1.54, 1.807) is 12.1 Å². The molecule has 2 aromatic carbocycles. The van der Waals surface area contributed by atoms with Gasteiger partial charge in [0.25, 0.3) is 11.6 Å². The van der Waals surface area contributed by atoms with E-state index in [-0.39, 0.29) is 17.7 Å². The van der Waals surface area contributed by atoms with Crippen LogP contribution in [0.15, 0.2) is 42.5 Å². The standard InChI is InChI=1S/C23H27N5O5/c29-22(24-15-19-4-3-13-33-19)20-14-17(7-10-21(20)27-11-1-2-12-27)26-23(30)25-16-5-8-18(9-6-16)28(31)32/h5-10,14,19H,1-4,11-13,15H2,(H,24,29)(H2,25,26,30). The van der Waals surface area contributed by atoms with Crippen LogP contribution in [0.2, 0.25) is 0 Å². The van der Waals surface area contributed by atoms with Gasteiger partial charge in [0, 0.05) is 55.4 Å². The van der Waals surface area contributed by atoms with E-state index in [9.17, 15) is 19.7 Å². The molecule has 10 nitrogen and oxygen atoms in total.